The van der Waals surface area contributed by atoms with Crippen LogP contribution in [0.2, 0.25) is 0 Å². The number of carbonyl (C=O) groups excluding carboxylic acids is 1. The molecule has 2 aromatic heterocycles. The summed E-state index contributed by atoms with van der Waals surface area (Å²) in [5, 5.41) is 14.8. The Balaban J connectivity index is 1.49. The average molecular weight is 470 g/mol. The van der Waals surface area contributed by atoms with Crippen LogP contribution in [0.3, 0.4) is 0 Å². The minimum Gasteiger partial charge on any atom is -0.391 e. The highest BCUT2D eigenvalue weighted by atomic mass is 19.1. The molecule has 1 N–H and O–H groups in total. The molecule has 2 saturated heterocycles. The average Bonchev–Trinajstić information content (AvgIpc) is 3.38. The van der Waals surface area contributed by atoms with Crippen molar-refractivity contribution in [2.24, 2.45) is 5.92 Å². The van der Waals surface area contributed by atoms with Crippen LogP contribution < -0.4 is 4.90 Å². The topological polar surface area (TPSA) is 74.0 Å². The van der Waals surface area contributed by atoms with Crippen LogP contribution in [-0.4, -0.2) is 56.2 Å². The minimum atomic E-state index is -0.851. The van der Waals surface area contributed by atoms with Gasteiger partial charge in [0.05, 0.1) is 17.8 Å². The summed E-state index contributed by atoms with van der Waals surface area (Å²) in [7, 11) is 0. The van der Waals surface area contributed by atoms with E-state index in [1.54, 1.807) is 9.42 Å². The van der Waals surface area contributed by atoms with E-state index in [2.05, 4.69) is 10.00 Å². The molecule has 3 aromatic rings. The fraction of sp³-hybridized carbons (Fsp3) is 0.480. The fourth-order valence-electron chi connectivity index (χ4n) is 5.10. The Kier molecular flexibility index (Phi) is 5.75. The molecule has 7 nitrogen and oxygen atoms in total. The maximum atomic E-state index is 14.7. The van der Waals surface area contributed by atoms with E-state index in [0.717, 1.165) is 36.8 Å². The number of likely N-dealkylation sites (tertiary alicyclic amines) is 1. The first-order valence-electron chi connectivity index (χ1n) is 11.8. The van der Waals surface area contributed by atoms with Crippen LogP contribution >= 0.6 is 0 Å². The Labute approximate surface area is 197 Å². The first-order chi connectivity index (χ1) is 16.2. The summed E-state index contributed by atoms with van der Waals surface area (Å²) >= 11 is 0. The molecule has 3 unspecified atom stereocenters. The highest BCUT2D eigenvalue weighted by Gasteiger charge is 2.34. The van der Waals surface area contributed by atoms with Crippen molar-refractivity contribution >= 4 is 17.4 Å². The number of hydrogen-bond donors (Lipinski definition) is 1. The Hall–Kier alpha value is -3.07. The summed E-state index contributed by atoms with van der Waals surface area (Å²) in [5.41, 5.74) is 1.95. The highest BCUT2D eigenvalue weighted by molar-refractivity contribution is 5.95. The molecular formula is C25H29F2N5O2. The van der Waals surface area contributed by atoms with Crippen LogP contribution in [-0.2, 0) is 0 Å². The van der Waals surface area contributed by atoms with Crippen molar-refractivity contribution in [1.82, 2.24) is 19.5 Å². The van der Waals surface area contributed by atoms with Gasteiger partial charge in [-0.3, -0.25) is 4.79 Å². The standard InChI is InChI=1S/C25H29F2N5O2/c1-14-7-8-17(26)22(23(14)27)25(34)31-9-5-4-6-19(31)18-10-21-28-24(16(3)12-32(21)29-18)30-11-15(2)20(33)13-30/h7-8,10,12,15,19-20,33H,4-6,9,11,13H2,1-3H3. The number of anilines is 1. The van der Waals surface area contributed by atoms with Crippen molar-refractivity contribution in [3.05, 3.63) is 58.4 Å². The normalized spacial score (nSPS) is 23.2. The number of carbonyl (C=O) groups is 1. The number of rotatable bonds is 3. The van der Waals surface area contributed by atoms with Crippen molar-refractivity contribution in [2.75, 3.05) is 24.5 Å². The molecule has 1 aromatic carbocycles. The Bertz CT molecular complexity index is 1250. The van der Waals surface area contributed by atoms with Crippen LogP contribution in [0.25, 0.3) is 5.65 Å². The third-order valence-electron chi connectivity index (χ3n) is 7.10. The van der Waals surface area contributed by atoms with E-state index in [1.807, 2.05) is 26.1 Å². The van der Waals surface area contributed by atoms with Crippen LogP contribution in [0.5, 0.6) is 0 Å². The van der Waals surface area contributed by atoms with Crippen LogP contribution in [0, 0.1) is 31.4 Å². The number of fused-ring (bicyclic) bond motifs is 1. The first kappa shape index (κ1) is 22.7. The molecule has 34 heavy (non-hydrogen) atoms. The van der Waals surface area contributed by atoms with Crippen molar-refractivity contribution < 1.29 is 18.7 Å². The number of aliphatic hydroxyl groups is 1. The smallest absolute Gasteiger partial charge is 0.260 e. The van der Waals surface area contributed by atoms with E-state index in [9.17, 15) is 18.7 Å². The zero-order valence-electron chi connectivity index (χ0n) is 19.6. The number of benzene rings is 1. The summed E-state index contributed by atoms with van der Waals surface area (Å²) in [6, 6.07) is 3.93. The maximum Gasteiger partial charge on any atom is 0.260 e. The molecule has 4 heterocycles. The summed E-state index contributed by atoms with van der Waals surface area (Å²) in [6.45, 7) is 7.16. The molecule has 5 rings (SSSR count). The Morgan fingerprint density at radius 2 is 1.94 bits per heavy atom. The molecule has 9 heteroatoms. The van der Waals surface area contributed by atoms with Gasteiger partial charge >= 0.3 is 0 Å². The Morgan fingerprint density at radius 3 is 2.68 bits per heavy atom. The van der Waals surface area contributed by atoms with Crippen molar-refractivity contribution in [3.8, 4) is 0 Å². The number of aromatic nitrogens is 3. The fourth-order valence-corrected chi connectivity index (χ4v) is 5.10. The SMILES string of the molecule is Cc1cn2nc(C3CCCCN3C(=O)c3c(F)ccc(C)c3F)cc2nc1N1CC(C)C(O)C1. The molecule has 0 aliphatic carbocycles. The molecule has 0 spiro atoms. The van der Waals surface area contributed by atoms with Gasteiger partial charge in [-0.25, -0.2) is 18.3 Å². The number of amides is 1. The van der Waals surface area contributed by atoms with E-state index in [4.69, 9.17) is 4.98 Å². The zero-order valence-corrected chi connectivity index (χ0v) is 19.6. The lowest BCUT2D eigenvalue weighted by Crippen LogP contribution is -2.39. The van der Waals surface area contributed by atoms with Gasteiger partial charge in [-0.15, -0.1) is 0 Å². The highest BCUT2D eigenvalue weighted by Crippen LogP contribution is 2.34. The minimum absolute atomic E-state index is 0.169. The number of piperidine rings is 1. The van der Waals surface area contributed by atoms with Gasteiger partial charge in [0.25, 0.3) is 5.91 Å². The van der Waals surface area contributed by atoms with Crippen molar-refractivity contribution in [3.63, 3.8) is 0 Å². The van der Waals surface area contributed by atoms with Crippen molar-refractivity contribution in [1.29, 1.82) is 0 Å². The molecule has 0 bridgehead atoms. The number of aliphatic hydroxyl groups excluding tert-OH is 1. The van der Waals surface area contributed by atoms with Gasteiger partial charge in [0, 0.05) is 43.4 Å². The molecule has 0 radical (unpaired) electrons. The van der Waals surface area contributed by atoms with E-state index < -0.39 is 23.1 Å². The van der Waals surface area contributed by atoms with E-state index >= 15 is 0 Å². The molecule has 2 aliphatic heterocycles. The molecule has 180 valence electrons. The molecule has 2 aliphatic rings. The van der Waals surface area contributed by atoms with E-state index in [0.29, 0.717) is 30.9 Å². The molecular weight excluding hydrogens is 440 g/mol. The van der Waals surface area contributed by atoms with Gasteiger partial charge in [0.15, 0.2) is 5.65 Å². The van der Waals surface area contributed by atoms with Gasteiger partial charge in [-0.05, 0) is 44.7 Å². The lowest BCUT2D eigenvalue weighted by molar-refractivity contribution is 0.0595. The Morgan fingerprint density at radius 1 is 1.15 bits per heavy atom. The van der Waals surface area contributed by atoms with Gasteiger partial charge < -0.3 is 14.9 Å². The number of halogens is 2. The maximum absolute atomic E-state index is 14.7. The second-order valence-corrected chi connectivity index (χ2v) is 9.63. The number of aryl methyl sites for hydroxylation is 2. The van der Waals surface area contributed by atoms with Gasteiger partial charge in [0.2, 0.25) is 0 Å². The summed E-state index contributed by atoms with van der Waals surface area (Å²) < 4.78 is 30.9. The van der Waals surface area contributed by atoms with Gasteiger partial charge in [-0.2, -0.15) is 5.10 Å². The van der Waals surface area contributed by atoms with Gasteiger partial charge in [0.1, 0.15) is 23.0 Å². The number of hydrogen-bond acceptors (Lipinski definition) is 5. The lowest BCUT2D eigenvalue weighted by atomic mass is 9.97. The predicted molar refractivity (Wildman–Crippen MR) is 124 cm³/mol. The number of β-amino-alcohol motifs (C(OH)–C–C–N with tert-alkyl or cyclic N) is 1. The first-order valence-corrected chi connectivity index (χ1v) is 11.8. The zero-order chi connectivity index (χ0) is 24.1. The molecule has 0 saturated carbocycles. The monoisotopic (exact) mass is 469 g/mol. The largest absolute Gasteiger partial charge is 0.391 e. The molecule has 2 fully saturated rings. The van der Waals surface area contributed by atoms with Crippen LogP contribution in [0.15, 0.2) is 24.4 Å². The molecule has 3 atom stereocenters. The summed E-state index contributed by atoms with van der Waals surface area (Å²) in [4.78, 5) is 21.7. The van der Waals surface area contributed by atoms with Crippen molar-refractivity contribution in [2.45, 2.75) is 52.2 Å². The third kappa shape index (κ3) is 3.81. The molecule has 1 amide bonds. The lowest BCUT2D eigenvalue weighted by Gasteiger charge is -2.35. The number of nitrogens with zero attached hydrogens (tertiary/aromatic N) is 5. The second-order valence-electron chi connectivity index (χ2n) is 9.63. The van der Waals surface area contributed by atoms with Crippen LogP contribution in [0.4, 0.5) is 14.6 Å². The van der Waals surface area contributed by atoms with E-state index in [-0.39, 0.29) is 23.6 Å². The quantitative estimate of drug-likeness (QED) is 0.632. The predicted octanol–water partition coefficient (Wildman–Crippen LogP) is 3.81. The van der Waals surface area contributed by atoms with Gasteiger partial charge in [-0.1, -0.05) is 13.0 Å². The third-order valence-corrected chi connectivity index (χ3v) is 7.10. The summed E-state index contributed by atoms with van der Waals surface area (Å²) in [6.07, 6.45) is 3.82. The van der Waals surface area contributed by atoms with Crippen LogP contribution in [0.1, 0.15) is 59.4 Å². The summed E-state index contributed by atoms with van der Waals surface area (Å²) in [5.74, 6) is -1.33. The second kappa shape index (κ2) is 8.61. The van der Waals surface area contributed by atoms with E-state index in [1.165, 1.54) is 13.0 Å².